The first-order valence-electron chi connectivity index (χ1n) is 8.82. The first kappa shape index (κ1) is 24.2. The summed E-state index contributed by atoms with van der Waals surface area (Å²) in [7, 11) is -5.23. The number of ether oxygens (including phenoxy) is 1. The van der Waals surface area contributed by atoms with Crippen molar-refractivity contribution in [3.63, 3.8) is 0 Å². The summed E-state index contributed by atoms with van der Waals surface area (Å²) >= 11 is 0. The lowest BCUT2D eigenvalue weighted by Crippen LogP contribution is -2.72. The fourth-order valence-electron chi connectivity index (χ4n) is 2.59. The average molecular weight is 458 g/mol. The molecule has 2 atom stereocenters. The third-order valence-corrected chi connectivity index (χ3v) is 4.82. The minimum absolute atomic E-state index is 0.0777. The Morgan fingerprint density at radius 2 is 1.81 bits per heavy atom. The number of β-lactam (4-membered cyclic amide) rings is 1. The van der Waals surface area contributed by atoms with Crippen LogP contribution >= 0.6 is 0 Å². The Morgan fingerprint density at radius 3 is 2.32 bits per heavy atom. The van der Waals surface area contributed by atoms with E-state index in [4.69, 9.17) is 15.4 Å². The number of nitrogens with one attached hydrogen (secondary N) is 1. The van der Waals surface area contributed by atoms with Crippen LogP contribution in [0.2, 0.25) is 0 Å². The van der Waals surface area contributed by atoms with Gasteiger partial charge in [0.2, 0.25) is 0 Å². The van der Waals surface area contributed by atoms with Gasteiger partial charge in [-0.2, -0.15) is 13.4 Å². The quantitative estimate of drug-likeness (QED) is 0.125. The molecule has 1 fully saturated rings. The first-order chi connectivity index (χ1) is 14.2. The van der Waals surface area contributed by atoms with Gasteiger partial charge in [-0.25, -0.2) is 20.4 Å². The second-order valence-corrected chi connectivity index (χ2v) is 8.75. The zero-order chi connectivity index (χ0) is 23.6. The molecule has 0 aromatic heterocycles. The summed E-state index contributed by atoms with van der Waals surface area (Å²) in [6.07, 6.45) is -1.35. The van der Waals surface area contributed by atoms with Crippen LogP contribution in [-0.4, -0.2) is 57.7 Å². The molecule has 4 amide bonds. The maximum absolute atomic E-state index is 12.6. The van der Waals surface area contributed by atoms with E-state index in [0.717, 1.165) is 0 Å². The Morgan fingerprint density at radius 1 is 1.23 bits per heavy atom. The van der Waals surface area contributed by atoms with Gasteiger partial charge in [0.1, 0.15) is 5.60 Å². The highest BCUT2D eigenvalue weighted by Gasteiger charge is 2.61. The predicted molar refractivity (Wildman–Crippen MR) is 102 cm³/mol. The van der Waals surface area contributed by atoms with E-state index in [9.17, 15) is 32.1 Å². The summed E-state index contributed by atoms with van der Waals surface area (Å²) in [5, 5.41) is -0.0777. The van der Waals surface area contributed by atoms with Crippen LogP contribution in [0.3, 0.4) is 0 Å². The van der Waals surface area contributed by atoms with E-state index in [0.29, 0.717) is 5.56 Å². The lowest BCUT2D eigenvalue weighted by Gasteiger charge is -2.42. The number of hydrogen-bond acceptors (Lipinski definition) is 9. The van der Waals surface area contributed by atoms with Crippen molar-refractivity contribution in [1.29, 1.82) is 0 Å². The van der Waals surface area contributed by atoms with Crippen LogP contribution in [0.1, 0.15) is 26.3 Å². The Kier molecular flexibility index (Phi) is 7.00. The zero-order valence-corrected chi connectivity index (χ0v) is 17.7. The fourth-order valence-corrected chi connectivity index (χ4v) is 3.43. The molecule has 2 rings (SSSR count). The third-order valence-electron chi connectivity index (χ3n) is 3.92. The predicted octanol–water partition coefficient (Wildman–Crippen LogP) is -0.498. The molecular weight excluding hydrogens is 436 g/mol. The number of rotatable bonds is 6. The van der Waals surface area contributed by atoms with Gasteiger partial charge in [0.15, 0.2) is 12.0 Å². The average Bonchev–Trinajstić information content (AvgIpc) is 2.63. The Bertz CT molecular complexity index is 975. The van der Waals surface area contributed by atoms with Crippen LogP contribution in [0.25, 0.3) is 0 Å². The molecule has 4 N–H and O–H groups in total. The van der Waals surface area contributed by atoms with Gasteiger partial charge in [0.25, 0.3) is 17.7 Å². The highest BCUT2D eigenvalue weighted by molar-refractivity contribution is 7.84. The van der Waals surface area contributed by atoms with Gasteiger partial charge >= 0.3 is 16.4 Å². The van der Waals surface area contributed by atoms with E-state index in [1.54, 1.807) is 30.3 Å². The van der Waals surface area contributed by atoms with Crippen molar-refractivity contribution in [2.24, 2.45) is 11.8 Å². The van der Waals surface area contributed by atoms with Crippen molar-refractivity contribution in [1.82, 2.24) is 14.8 Å². The molecule has 1 aromatic carbocycles. The molecule has 31 heavy (non-hydrogen) atoms. The van der Waals surface area contributed by atoms with Crippen LogP contribution in [0.5, 0.6) is 0 Å². The summed E-state index contributed by atoms with van der Waals surface area (Å²) in [5.74, 6) is -0.555. The summed E-state index contributed by atoms with van der Waals surface area (Å²) in [6.45, 7) is 4.37. The molecule has 2 unspecified atom stereocenters. The topological polar surface area (TPSA) is 186 Å². The summed E-state index contributed by atoms with van der Waals surface area (Å²) in [4.78, 5) is 54.1. The van der Waals surface area contributed by atoms with E-state index in [-0.39, 0.29) is 15.9 Å². The van der Waals surface area contributed by atoms with Crippen molar-refractivity contribution in [3.05, 3.63) is 35.9 Å². The van der Waals surface area contributed by atoms with Gasteiger partial charge in [0.05, 0.1) is 6.61 Å². The molecule has 1 saturated heterocycles. The number of hydrogen-bond donors (Lipinski definition) is 3. The molecule has 0 radical (unpaired) electrons. The van der Waals surface area contributed by atoms with E-state index in [2.05, 4.69) is 0 Å². The van der Waals surface area contributed by atoms with Gasteiger partial charge in [-0.15, -0.1) is 0 Å². The minimum Gasteiger partial charge on any atom is -0.442 e. The molecule has 0 saturated carbocycles. The van der Waals surface area contributed by atoms with Gasteiger partial charge < -0.3 is 4.74 Å². The standard InChI is InChI=1S/C17H22N4O9S/c1-17(2,3)30-16(25)20(18)15(24)12-11(14(23)21(12)31(26,27)28)13(22)19-29-9-10-7-5-4-6-8-10/h4-8,11-12H,9,18H2,1-3H3,(H,19,22)(H,26,27,28). The van der Waals surface area contributed by atoms with E-state index >= 15 is 0 Å². The van der Waals surface area contributed by atoms with Crippen molar-refractivity contribution >= 4 is 34.1 Å². The number of amides is 4. The number of imide groups is 1. The summed E-state index contributed by atoms with van der Waals surface area (Å²) < 4.78 is 36.9. The second-order valence-electron chi connectivity index (χ2n) is 7.46. The van der Waals surface area contributed by atoms with Crippen LogP contribution < -0.4 is 11.3 Å². The molecule has 1 aliphatic heterocycles. The smallest absolute Gasteiger partial charge is 0.431 e. The molecule has 13 nitrogen and oxygen atoms in total. The van der Waals surface area contributed by atoms with E-state index in [1.165, 1.54) is 20.8 Å². The Hall–Kier alpha value is -3.07. The number of nitrogens with zero attached hydrogens (tertiary/aromatic N) is 2. The number of hydroxylamine groups is 1. The number of hydrazine groups is 1. The normalized spacial score (nSPS) is 18.7. The van der Waals surface area contributed by atoms with E-state index < -0.39 is 51.7 Å². The molecule has 1 aromatic rings. The fraction of sp³-hybridized carbons (Fsp3) is 0.412. The van der Waals surface area contributed by atoms with Crippen LogP contribution in [0, 0.1) is 5.92 Å². The van der Waals surface area contributed by atoms with Crippen LogP contribution in [-0.2, 0) is 40.9 Å². The van der Waals surface area contributed by atoms with E-state index in [1.807, 2.05) is 5.48 Å². The maximum atomic E-state index is 12.6. The van der Waals surface area contributed by atoms with Crippen molar-refractivity contribution < 1.29 is 41.7 Å². The molecule has 14 heteroatoms. The van der Waals surface area contributed by atoms with Gasteiger partial charge in [-0.05, 0) is 26.3 Å². The molecule has 0 aliphatic carbocycles. The first-order valence-corrected chi connectivity index (χ1v) is 10.2. The van der Waals surface area contributed by atoms with Gasteiger partial charge in [-0.1, -0.05) is 30.3 Å². The monoisotopic (exact) mass is 458 g/mol. The SMILES string of the molecule is CC(C)(C)OC(=O)N(N)C(=O)C1C(C(=O)NOCc2ccccc2)C(=O)N1S(=O)(=O)O. The molecule has 0 bridgehead atoms. The van der Waals surface area contributed by atoms with Crippen LogP contribution in [0.15, 0.2) is 30.3 Å². The Labute approximate surface area is 177 Å². The van der Waals surface area contributed by atoms with Crippen molar-refractivity contribution in [2.75, 3.05) is 0 Å². The second kappa shape index (κ2) is 8.97. The van der Waals surface area contributed by atoms with Gasteiger partial charge in [0, 0.05) is 0 Å². The summed E-state index contributed by atoms with van der Waals surface area (Å²) in [5.41, 5.74) is 1.56. The molecule has 170 valence electrons. The third kappa shape index (κ3) is 5.75. The van der Waals surface area contributed by atoms with Crippen molar-refractivity contribution in [3.8, 4) is 0 Å². The molecule has 1 aliphatic rings. The van der Waals surface area contributed by atoms with Crippen LogP contribution in [0.4, 0.5) is 4.79 Å². The highest BCUT2D eigenvalue weighted by atomic mass is 32.2. The minimum atomic E-state index is -5.23. The molecule has 0 spiro atoms. The molecule has 1 heterocycles. The van der Waals surface area contributed by atoms with Crippen molar-refractivity contribution in [2.45, 2.75) is 39.0 Å². The number of carbonyl (C=O) groups excluding carboxylic acids is 4. The molecular formula is C17H22N4O9S. The maximum Gasteiger partial charge on any atom is 0.431 e. The number of nitrogens with two attached hydrogens (primary N) is 1. The lowest BCUT2D eigenvalue weighted by atomic mass is 9.89. The lowest BCUT2D eigenvalue weighted by molar-refractivity contribution is -0.168. The number of benzene rings is 1. The van der Waals surface area contributed by atoms with Gasteiger partial charge in [-0.3, -0.25) is 23.8 Å². The largest absolute Gasteiger partial charge is 0.442 e. The summed E-state index contributed by atoms with van der Waals surface area (Å²) in [6, 6.07) is 6.49. The zero-order valence-electron chi connectivity index (χ0n) is 16.8. The Balaban J connectivity index is 2.15. The highest BCUT2D eigenvalue weighted by Crippen LogP contribution is 2.31. The number of carbonyl (C=O) groups is 4.